The number of nitrogens with one attached hydrogen (secondary N) is 1. The molecule has 0 aliphatic heterocycles. The summed E-state index contributed by atoms with van der Waals surface area (Å²) in [5.41, 5.74) is 1.89. The highest BCUT2D eigenvalue weighted by atomic mass is 35.5. The molecule has 0 unspecified atom stereocenters. The average molecular weight is 458 g/mol. The molecule has 162 valence electrons. The van der Waals surface area contributed by atoms with Gasteiger partial charge in [-0.3, -0.25) is 4.79 Å². The molecule has 1 amide bonds. The molecule has 0 aromatic heterocycles. The van der Waals surface area contributed by atoms with Gasteiger partial charge in [0.15, 0.2) is 0 Å². The number of carbonyl (C=O) groups is 1. The molecule has 0 radical (unpaired) electrons. The lowest BCUT2D eigenvalue weighted by molar-refractivity contribution is 0.0977. The number of carbonyl (C=O) groups excluding carboxylic acids is 1. The summed E-state index contributed by atoms with van der Waals surface area (Å²) in [5.74, 6) is -0.472. The Labute approximate surface area is 188 Å². The molecule has 0 atom stereocenters. The maximum atomic E-state index is 12.7. The zero-order valence-electron chi connectivity index (χ0n) is 17.6. The maximum Gasteiger partial charge on any atom is 0.268 e. The number of halogens is 1. The van der Waals surface area contributed by atoms with Crippen LogP contribution < -0.4 is 9.46 Å². The fourth-order valence-corrected chi connectivity index (χ4v) is 3.98. The molecule has 3 aromatic rings. The predicted octanol–water partition coefficient (Wildman–Crippen LogP) is 5.34. The third-order valence-electron chi connectivity index (χ3n) is 4.70. The second-order valence-corrected chi connectivity index (χ2v) is 10.2. The Morgan fingerprint density at radius 2 is 1.55 bits per heavy atom. The van der Waals surface area contributed by atoms with Crippen molar-refractivity contribution in [1.29, 1.82) is 0 Å². The Morgan fingerprint density at radius 1 is 0.935 bits per heavy atom. The minimum absolute atomic E-state index is 0.0217. The molecular formula is C24H24ClNO4S. The molecule has 0 aliphatic carbocycles. The molecule has 31 heavy (non-hydrogen) atoms. The molecule has 0 aliphatic rings. The quantitative estimate of drug-likeness (QED) is 0.542. The lowest BCUT2D eigenvalue weighted by atomic mass is 9.87. The van der Waals surface area contributed by atoms with Gasteiger partial charge in [-0.15, -0.1) is 0 Å². The van der Waals surface area contributed by atoms with E-state index < -0.39 is 15.9 Å². The first kappa shape index (κ1) is 22.8. The lowest BCUT2D eigenvalue weighted by Gasteiger charge is -2.19. The van der Waals surface area contributed by atoms with Gasteiger partial charge in [-0.05, 0) is 52.9 Å². The van der Waals surface area contributed by atoms with Gasteiger partial charge in [-0.1, -0.05) is 68.8 Å². The fourth-order valence-electron chi connectivity index (χ4n) is 2.89. The average Bonchev–Trinajstić information content (AvgIpc) is 2.73. The van der Waals surface area contributed by atoms with Gasteiger partial charge in [0.1, 0.15) is 12.4 Å². The van der Waals surface area contributed by atoms with Gasteiger partial charge in [0.2, 0.25) is 0 Å². The highest BCUT2D eigenvalue weighted by Crippen LogP contribution is 2.24. The van der Waals surface area contributed by atoms with Gasteiger partial charge in [-0.25, -0.2) is 13.1 Å². The van der Waals surface area contributed by atoms with Gasteiger partial charge in [0, 0.05) is 5.02 Å². The van der Waals surface area contributed by atoms with E-state index in [9.17, 15) is 13.2 Å². The van der Waals surface area contributed by atoms with E-state index in [0.29, 0.717) is 5.02 Å². The minimum Gasteiger partial charge on any atom is -0.488 e. The predicted molar refractivity (Wildman–Crippen MR) is 122 cm³/mol. The number of para-hydroxylation sites is 1. The molecule has 3 rings (SSSR count). The smallest absolute Gasteiger partial charge is 0.268 e. The second-order valence-electron chi connectivity index (χ2n) is 8.12. The van der Waals surface area contributed by atoms with E-state index in [2.05, 4.69) is 4.72 Å². The highest BCUT2D eigenvalue weighted by Gasteiger charge is 2.22. The SMILES string of the molecule is CC(C)(C)c1ccc(S(=O)(=O)NC(=O)c2ccccc2OCc2ccc(Cl)cc2)cc1. The van der Waals surface area contributed by atoms with Gasteiger partial charge in [-0.2, -0.15) is 0 Å². The number of hydrogen-bond donors (Lipinski definition) is 1. The topological polar surface area (TPSA) is 72.5 Å². The van der Waals surface area contributed by atoms with Crippen molar-refractivity contribution >= 4 is 27.5 Å². The normalized spacial score (nSPS) is 11.7. The number of amides is 1. The minimum atomic E-state index is -4.03. The largest absolute Gasteiger partial charge is 0.488 e. The molecule has 3 aromatic carbocycles. The van der Waals surface area contributed by atoms with Crippen molar-refractivity contribution in [3.8, 4) is 5.75 Å². The number of ether oxygens (including phenoxy) is 1. The van der Waals surface area contributed by atoms with Gasteiger partial charge < -0.3 is 4.74 Å². The Hall–Kier alpha value is -2.83. The summed E-state index contributed by atoms with van der Waals surface area (Å²) < 4.78 is 33.3. The molecule has 0 bridgehead atoms. The van der Waals surface area contributed by atoms with E-state index in [4.69, 9.17) is 16.3 Å². The first-order valence-corrected chi connectivity index (χ1v) is 11.6. The van der Waals surface area contributed by atoms with Crippen molar-refractivity contribution in [2.75, 3.05) is 0 Å². The van der Waals surface area contributed by atoms with Crippen molar-refractivity contribution in [1.82, 2.24) is 4.72 Å². The highest BCUT2D eigenvalue weighted by molar-refractivity contribution is 7.90. The number of rotatable bonds is 6. The standard InChI is InChI=1S/C24H24ClNO4S/c1-24(2,3)18-10-14-20(15-11-18)31(28,29)26-23(27)21-6-4-5-7-22(21)30-16-17-8-12-19(25)13-9-17/h4-15H,16H2,1-3H3,(H,26,27). The summed E-state index contributed by atoms with van der Waals surface area (Å²) in [6.07, 6.45) is 0. The molecule has 0 saturated heterocycles. The third-order valence-corrected chi connectivity index (χ3v) is 6.30. The van der Waals surface area contributed by atoms with Crippen LogP contribution in [0.25, 0.3) is 0 Å². The summed E-state index contributed by atoms with van der Waals surface area (Å²) in [4.78, 5) is 12.8. The summed E-state index contributed by atoms with van der Waals surface area (Å²) in [6.45, 7) is 6.33. The first-order valence-electron chi connectivity index (χ1n) is 9.70. The Balaban J connectivity index is 1.76. The van der Waals surface area contributed by atoms with Crippen molar-refractivity contribution < 1.29 is 17.9 Å². The van der Waals surface area contributed by atoms with Crippen LogP contribution in [-0.4, -0.2) is 14.3 Å². The van der Waals surface area contributed by atoms with Crippen molar-refractivity contribution in [2.24, 2.45) is 0 Å². The number of benzene rings is 3. The molecule has 0 spiro atoms. The molecule has 5 nitrogen and oxygen atoms in total. The molecular weight excluding hydrogens is 434 g/mol. The van der Waals surface area contributed by atoms with Crippen LogP contribution in [0.2, 0.25) is 5.02 Å². The maximum absolute atomic E-state index is 12.7. The van der Waals surface area contributed by atoms with E-state index in [1.54, 1.807) is 42.5 Å². The molecule has 0 saturated carbocycles. The first-order chi connectivity index (χ1) is 14.6. The number of hydrogen-bond acceptors (Lipinski definition) is 4. The summed E-state index contributed by atoms with van der Waals surface area (Å²) in [7, 11) is -4.03. The zero-order chi connectivity index (χ0) is 22.6. The monoisotopic (exact) mass is 457 g/mol. The van der Waals surface area contributed by atoms with Crippen LogP contribution in [0.15, 0.2) is 77.7 Å². The van der Waals surface area contributed by atoms with Crippen molar-refractivity contribution in [3.05, 3.63) is 94.5 Å². The van der Waals surface area contributed by atoms with Gasteiger partial charge >= 0.3 is 0 Å². The lowest BCUT2D eigenvalue weighted by Crippen LogP contribution is -2.31. The van der Waals surface area contributed by atoms with E-state index in [-0.39, 0.29) is 28.2 Å². The molecule has 7 heteroatoms. The van der Waals surface area contributed by atoms with Crippen LogP contribution >= 0.6 is 11.6 Å². The second kappa shape index (κ2) is 9.12. The van der Waals surface area contributed by atoms with E-state index in [0.717, 1.165) is 11.1 Å². The van der Waals surface area contributed by atoms with Crippen LogP contribution in [0.5, 0.6) is 5.75 Å². The third kappa shape index (κ3) is 5.87. The Kier molecular flexibility index (Phi) is 6.72. The van der Waals surface area contributed by atoms with Crippen LogP contribution in [0.3, 0.4) is 0 Å². The summed E-state index contributed by atoms with van der Waals surface area (Å²) >= 11 is 5.89. The molecule has 1 N–H and O–H groups in total. The van der Waals surface area contributed by atoms with Crippen LogP contribution in [0.1, 0.15) is 42.3 Å². The van der Waals surface area contributed by atoms with E-state index in [1.807, 2.05) is 32.9 Å². The molecule has 0 heterocycles. The molecule has 0 fully saturated rings. The Morgan fingerprint density at radius 3 is 2.16 bits per heavy atom. The Bertz CT molecular complexity index is 1170. The number of sulfonamides is 1. The van der Waals surface area contributed by atoms with E-state index in [1.165, 1.54) is 18.2 Å². The van der Waals surface area contributed by atoms with Crippen LogP contribution in [0, 0.1) is 0 Å². The van der Waals surface area contributed by atoms with Crippen molar-refractivity contribution in [3.63, 3.8) is 0 Å². The van der Waals surface area contributed by atoms with Crippen LogP contribution in [-0.2, 0) is 22.0 Å². The summed E-state index contributed by atoms with van der Waals surface area (Å²) in [6, 6.07) is 20.1. The zero-order valence-corrected chi connectivity index (χ0v) is 19.1. The van der Waals surface area contributed by atoms with Gasteiger partial charge in [0.25, 0.3) is 15.9 Å². The summed E-state index contributed by atoms with van der Waals surface area (Å²) in [5, 5.41) is 0.615. The van der Waals surface area contributed by atoms with Crippen molar-refractivity contribution in [2.45, 2.75) is 37.7 Å². The van der Waals surface area contributed by atoms with E-state index >= 15 is 0 Å². The van der Waals surface area contributed by atoms with Gasteiger partial charge in [0.05, 0.1) is 10.5 Å². The fraction of sp³-hybridized carbons (Fsp3) is 0.208. The van der Waals surface area contributed by atoms with Crippen LogP contribution in [0.4, 0.5) is 0 Å².